The van der Waals surface area contributed by atoms with E-state index in [0.717, 1.165) is 49.1 Å². The van der Waals surface area contributed by atoms with Crippen LogP contribution in [0.2, 0.25) is 0 Å². The van der Waals surface area contributed by atoms with Crippen molar-refractivity contribution in [1.29, 1.82) is 0 Å². The van der Waals surface area contributed by atoms with Crippen LogP contribution < -0.4 is 5.73 Å². The van der Waals surface area contributed by atoms with Gasteiger partial charge < -0.3 is 10.2 Å². The number of anilines is 1. The number of thiazole rings is 1. The number of para-hydroxylation sites is 1. The molecule has 0 atom stereocenters. The molecule has 5 nitrogen and oxygen atoms in total. The molecule has 3 aromatic rings. The second-order valence-corrected chi connectivity index (χ2v) is 7.17. The van der Waals surface area contributed by atoms with Gasteiger partial charge in [0, 0.05) is 43.4 Å². The number of aryl methyl sites for hydroxylation is 1. The van der Waals surface area contributed by atoms with Crippen LogP contribution in [0.15, 0.2) is 28.7 Å². The molecule has 0 saturated carbocycles. The van der Waals surface area contributed by atoms with E-state index in [2.05, 4.69) is 33.1 Å². The van der Waals surface area contributed by atoms with E-state index in [-0.39, 0.29) is 0 Å². The van der Waals surface area contributed by atoms with Crippen molar-refractivity contribution in [3.63, 3.8) is 0 Å². The zero-order valence-electron chi connectivity index (χ0n) is 13.7. The third kappa shape index (κ3) is 3.07. The Hall–Kier alpha value is -2.18. The summed E-state index contributed by atoms with van der Waals surface area (Å²) in [5, 5.41) is 0.698. The highest BCUT2D eigenvalue weighted by atomic mass is 32.1. The molecule has 0 aliphatic carbocycles. The van der Waals surface area contributed by atoms with Gasteiger partial charge in [-0.2, -0.15) is 0 Å². The number of nitrogens with two attached hydrogens (primary N) is 1. The highest BCUT2D eigenvalue weighted by Crippen LogP contribution is 2.24. The Balaban J connectivity index is 1.43. The van der Waals surface area contributed by atoms with Gasteiger partial charge in [-0.25, -0.2) is 9.97 Å². The summed E-state index contributed by atoms with van der Waals surface area (Å²) in [5.41, 5.74) is 9.88. The molecule has 4 rings (SSSR count). The van der Waals surface area contributed by atoms with Crippen LogP contribution in [0.4, 0.5) is 5.13 Å². The third-order valence-electron chi connectivity index (χ3n) is 4.33. The number of nitrogens with zero attached hydrogens (tertiary/aromatic N) is 3. The van der Waals surface area contributed by atoms with Crippen LogP contribution in [0.5, 0.6) is 0 Å². The van der Waals surface area contributed by atoms with Crippen molar-refractivity contribution in [1.82, 2.24) is 14.9 Å². The first-order valence-electron chi connectivity index (χ1n) is 8.18. The van der Waals surface area contributed by atoms with Crippen molar-refractivity contribution in [2.75, 3.05) is 25.4 Å². The summed E-state index contributed by atoms with van der Waals surface area (Å²) in [7, 11) is 0. The molecule has 0 bridgehead atoms. The lowest BCUT2D eigenvalue weighted by Gasteiger charge is -2.17. The van der Waals surface area contributed by atoms with Gasteiger partial charge in [-0.15, -0.1) is 11.3 Å². The lowest BCUT2D eigenvalue weighted by molar-refractivity contribution is 0.318. The van der Waals surface area contributed by atoms with Gasteiger partial charge in [-0.1, -0.05) is 24.3 Å². The third-order valence-corrected chi connectivity index (χ3v) is 5.32. The van der Waals surface area contributed by atoms with Gasteiger partial charge in [-0.05, 0) is 12.5 Å². The van der Waals surface area contributed by atoms with E-state index >= 15 is 0 Å². The zero-order chi connectivity index (χ0) is 16.5. The Morgan fingerprint density at radius 1 is 1.29 bits per heavy atom. The van der Waals surface area contributed by atoms with Gasteiger partial charge in [0.15, 0.2) is 16.6 Å². The summed E-state index contributed by atoms with van der Waals surface area (Å²) >= 11 is 1.63. The Morgan fingerprint density at radius 3 is 3.08 bits per heavy atom. The first-order chi connectivity index (χ1) is 11.7. The van der Waals surface area contributed by atoms with Crippen LogP contribution in [-0.4, -0.2) is 34.5 Å². The first kappa shape index (κ1) is 15.4. The molecule has 1 aromatic carbocycles. The van der Waals surface area contributed by atoms with E-state index in [1.54, 1.807) is 11.3 Å². The summed E-state index contributed by atoms with van der Waals surface area (Å²) in [6, 6.07) is 6.04. The molecule has 2 N–H and O–H groups in total. The predicted molar refractivity (Wildman–Crippen MR) is 98.2 cm³/mol. The topological polar surface area (TPSA) is 68.2 Å². The van der Waals surface area contributed by atoms with Gasteiger partial charge in [0.2, 0.25) is 0 Å². The molecule has 0 unspecified atom stereocenters. The Bertz CT molecular complexity index is 870. The monoisotopic (exact) mass is 340 g/mol. The number of benzene rings is 1. The molecule has 124 valence electrons. The second kappa shape index (κ2) is 6.37. The summed E-state index contributed by atoms with van der Waals surface area (Å²) in [6.07, 6.45) is 6.37. The smallest absolute Gasteiger partial charge is 0.192 e. The summed E-state index contributed by atoms with van der Waals surface area (Å²) in [5.74, 6) is 0.705. The van der Waals surface area contributed by atoms with Gasteiger partial charge in [0.05, 0.1) is 5.69 Å². The minimum Gasteiger partial charge on any atom is -0.441 e. The maximum absolute atomic E-state index is 5.80. The Kier molecular flexibility index (Phi) is 4.08. The van der Waals surface area contributed by atoms with Gasteiger partial charge in [0.25, 0.3) is 0 Å². The van der Waals surface area contributed by atoms with Crippen LogP contribution >= 0.6 is 11.3 Å². The maximum Gasteiger partial charge on any atom is 0.192 e. The largest absolute Gasteiger partial charge is 0.441 e. The molecule has 0 spiro atoms. The van der Waals surface area contributed by atoms with Crippen molar-refractivity contribution in [2.45, 2.75) is 19.8 Å². The fourth-order valence-corrected chi connectivity index (χ4v) is 4.02. The summed E-state index contributed by atoms with van der Waals surface area (Å²) < 4.78 is 5.59. The molecule has 1 aliphatic heterocycles. The number of aromatic nitrogens is 2. The predicted octanol–water partition coefficient (Wildman–Crippen LogP) is 3.29. The molecule has 0 amide bonds. The van der Waals surface area contributed by atoms with Crippen LogP contribution in [0.1, 0.15) is 22.0 Å². The lowest BCUT2D eigenvalue weighted by atomic mass is 10.2. The van der Waals surface area contributed by atoms with Crippen molar-refractivity contribution >= 4 is 33.6 Å². The number of fused-ring (bicyclic) bond motifs is 2. The van der Waals surface area contributed by atoms with Crippen molar-refractivity contribution < 1.29 is 4.42 Å². The molecule has 6 heteroatoms. The Labute approximate surface area is 144 Å². The molecule has 0 saturated heterocycles. The minimum absolute atomic E-state index is 0.698. The minimum atomic E-state index is 0.698. The molecule has 2 aromatic heterocycles. The molecule has 0 radical (unpaired) electrons. The SMILES string of the molecule is Cc1nc2c(C=CCN3CCc4nc(N)sc4CC3)cccc2o1. The van der Waals surface area contributed by atoms with Gasteiger partial charge in [0.1, 0.15) is 5.52 Å². The number of oxazole rings is 1. The van der Waals surface area contributed by atoms with E-state index in [0.29, 0.717) is 11.0 Å². The normalized spacial score (nSPS) is 15.9. The number of nitrogen functional groups attached to an aromatic ring is 1. The number of hydrogen-bond donors (Lipinski definition) is 1. The highest BCUT2D eigenvalue weighted by molar-refractivity contribution is 7.15. The molecular formula is C18H20N4OS. The lowest BCUT2D eigenvalue weighted by Crippen LogP contribution is -2.26. The van der Waals surface area contributed by atoms with E-state index in [9.17, 15) is 0 Å². The maximum atomic E-state index is 5.80. The van der Waals surface area contributed by atoms with Crippen molar-refractivity contribution in [3.8, 4) is 0 Å². The van der Waals surface area contributed by atoms with Gasteiger partial charge >= 0.3 is 0 Å². The van der Waals surface area contributed by atoms with E-state index in [4.69, 9.17) is 10.2 Å². The van der Waals surface area contributed by atoms with Crippen molar-refractivity contribution in [2.24, 2.45) is 0 Å². The molecular weight excluding hydrogens is 320 g/mol. The highest BCUT2D eigenvalue weighted by Gasteiger charge is 2.16. The van der Waals surface area contributed by atoms with E-state index < -0.39 is 0 Å². The van der Waals surface area contributed by atoms with Gasteiger partial charge in [-0.3, -0.25) is 4.90 Å². The number of hydrogen-bond acceptors (Lipinski definition) is 6. The van der Waals surface area contributed by atoms with Crippen LogP contribution in [0.3, 0.4) is 0 Å². The summed E-state index contributed by atoms with van der Waals surface area (Å²) in [6.45, 7) is 4.88. The summed E-state index contributed by atoms with van der Waals surface area (Å²) in [4.78, 5) is 12.7. The van der Waals surface area contributed by atoms with Crippen LogP contribution in [0.25, 0.3) is 17.2 Å². The number of rotatable bonds is 3. The van der Waals surface area contributed by atoms with Crippen molar-refractivity contribution in [3.05, 3.63) is 46.3 Å². The average Bonchev–Trinajstić information content (AvgIpc) is 3.06. The zero-order valence-corrected chi connectivity index (χ0v) is 14.5. The quantitative estimate of drug-likeness (QED) is 0.792. The van der Waals surface area contributed by atoms with E-state index in [1.807, 2.05) is 19.1 Å². The molecule has 0 fully saturated rings. The van der Waals surface area contributed by atoms with E-state index in [1.165, 1.54) is 10.6 Å². The molecule has 3 heterocycles. The molecule has 24 heavy (non-hydrogen) atoms. The molecule has 1 aliphatic rings. The second-order valence-electron chi connectivity index (χ2n) is 6.05. The fourth-order valence-electron chi connectivity index (χ4n) is 3.16. The fraction of sp³-hybridized carbons (Fsp3) is 0.333. The van der Waals surface area contributed by atoms with Crippen LogP contribution in [0, 0.1) is 6.92 Å². The Morgan fingerprint density at radius 2 is 2.17 bits per heavy atom. The first-order valence-corrected chi connectivity index (χ1v) is 9.00. The van der Waals surface area contributed by atoms with Crippen LogP contribution in [-0.2, 0) is 12.8 Å². The standard InChI is InChI=1S/C18H20N4OS/c1-12-20-17-13(4-2-6-15(17)23-12)5-3-9-22-10-7-14-16(8-11-22)24-18(19)21-14/h2-6H,7-11H2,1H3,(H2,19,21). The average molecular weight is 340 g/mol.